The highest BCUT2D eigenvalue weighted by atomic mass is 79.9. The molecular weight excluding hydrogens is 316 g/mol. The van der Waals surface area contributed by atoms with Crippen LogP contribution in [0.3, 0.4) is 0 Å². The lowest BCUT2D eigenvalue weighted by molar-refractivity contribution is 0.251. The van der Waals surface area contributed by atoms with Gasteiger partial charge in [-0.2, -0.15) is 0 Å². The molecule has 0 aliphatic rings. The van der Waals surface area contributed by atoms with Gasteiger partial charge in [0.05, 0.1) is 18.6 Å². The first-order valence-corrected chi connectivity index (χ1v) is 7.05. The van der Waals surface area contributed by atoms with Crippen LogP contribution >= 0.6 is 27.3 Å². The highest BCUT2D eigenvalue weighted by Gasteiger charge is 2.11. The molecule has 2 rings (SSSR count). The Balaban J connectivity index is 2.20. The van der Waals surface area contributed by atoms with Crippen LogP contribution in [0.1, 0.15) is 10.4 Å². The van der Waals surface area contributed by atoms with Gasteiger partial charge in [-0.3, -0.25) is 0 Å². The minimum atomic E-state index is -0.0713. The van der Waals surface area contributed by atoms with E-state index in [1.807, 2.05) is 29.6 Å². The van der Waals surface area contributed by atoms with Crippen LogP contribution in [0, 0.1) is 0 Å². The minimum Gasteiger partial charge on any atom is -0.493 e. The van der Waals surface area contributed by atoms with E-state index in [9.17, 15) is 5.11 Å². The summed E-state index contributed by atoms with van der Waals surface area (Å²) in [5.74, 6) is 1.23. The summed E-state index contributed by atoms with van der Waals surface area (Å²) in [5.41, 5.74) is 0.724. The van der Waals surface area contributed by atoms with Crippen molar-refractivity contribution >= 4 is 27.3 Å². The Kier molecular flexibility index (Phi) is 4.63. The smallest absolute Gasteiger partial charge is 0.167 e. The van der Waals surface area contributed by atoms with Crippen LogP contribution in [0.15, 0.2) is 34.1 Å². The van der Waals surface area contributed by atoms with Crippen molar-refractivity contribution in [2.24, 2.45) is 0 Å². The van der Waals surface area contributed by atoms with Gasteiger partial charge >= 0.3 is 0 Å². The van der Waals surface area contributed by atoms with Gasteiger partial charge < -0.3 is 14.6 Å². The second kappa shape index (κ2) is 6.22. The maximum absolute atomic E-state index is 9.31. The Bertz CT molecular complexity index is 502. The molecule has 0 aliphatic carbocycles. The lowest BCUT2D eigenvalue weighted by Crippen LogP contribution is -2.00. The van der Waals surface area contributed by atoms with Gasteiger partial charge in [0.2, 0.25) is 0 Å². The molecule has 0 fully saturated rings. The molecule has 0 atom stereocenters. The van der Waals surface area contributed by atoms with Gasteiger partial charge in [-0.1, -0.05) is 12.1 Å². The predicted molar refractivity (Wildman–Crippen MR) is 75.3 cm³/mol. The number of hydrogen-bond acceptors (Lipinski definition) is 4. The van der Waals surface area contributed by atoms with Gasteiger partial charge in [0.1, 0.15) is 6.61 Å². The molecule has 1 aromatic carbocycles. The molecule has 5 heteroatoms. The van der Waals surface area contributed by atoms with Gasteiger partial charge in [-0.25, -0.2) is 0 Å². The van der Waals surface area contributed by atoms with Gasteiger partial charge in [0.25, 0.3) is 0 Å². The fraction of sp³-hybridized carbons (Fsp3) is 0.231. The highest BCUT2D eigenvalue weighted by molar-refractivity contribution is 9.10. The number of aliphatic hydroxyl groups is 1. The van der Waals surface area contributed by atoms with Gasteiger partial charge in [-0.15, -0.1) is 11.3 Å². The Labute approximate surface area is 118 Å². The lowest BCUT2D eigenvalue weighted by atomic mass is 10.2. The zero-order chi connectivity index (χ0) is 13.0. The number of aliphatic hydroxyl groups excluding tert-OH is 1. The molecule has 1 N–H and O–H groups in total. The molecule has 0 radical (unpaired) electrons. The monoisotopic (exact) mass is 328 g/mol. The van der Waals surface area contributed by atoms with Crippen LogP contribution in [0.25, 0.3) is 0 Å². The molecule has 1 heterocycles. The molecule has 0 amide bonds. The number of ether oxygens (including phenoxy) is 2. The van der Waals surface area contributed by atoms with Crippen molar-refractivity contribution in [1.82, 2.24) is 0 Å². The molecule has 3 nitrogen and oxygen atoms in total. The summed E-state index contributed by atoms with van der Waals surface area (Å²) in [6.07, 6.45) is 0. The SMILES string of the molecule is COc1cccc(CO)c1OCc1sccc1Br. The normalized spacial score (nSPS) is 10.4. The Hall–Kier alpha value is -1.04. The predicted octanol–water partition coefficient (Wildman–Crippen LogP) is 3.59. The second-order valence-corrected chi connectivity index (χ2v) is 5.44. The number of hydrogen-bond donors (Lipinski definition) is 1. The minimum absolute atomic E-state index is 0.0713. The number of para-hydroxylation sites is 1. The molecule has 0 saturated carbocycles. The first kappa shape index (κ1) is 13.4. The van der Waals surface area contributed by atoms with Gasteiger partial charge in [-0.05, 0) is 33.4 Å². The number of benzene rings is 1. The summed E-state index contributed by atoms with van der Waals surface area (Å²) in [5, 5.41) is 11.3. The number of rotatable bonds is 5. The van der Waals surface area contributed by atoms with Crippen LogP contribution in [-0.4, -0.2) is 12.2 Å². The number of methoxy groups -OCH3 is 1. The maximum Gasteiger partial charge on any atom is 0.167 e. The van der Waals surface area contributed by atoms with Crippen molar-refractivity contribution in [3.63, 3.8) is 0 Å². The molecule has 0 spiro atoms. The largest absolute Gasteiger partial charge is 0.493 e. The fourth-order valence-corrected chi connectivity index (χ4v) is 2.95. The summed E-state index contributed by atoms with van der Waals surface area (Å²) in [6, 6.07) is 7.45. The quantitative estimate of drug-likeness (QED) is 0.911. The van der Waals surface area contributed by atoms with Crippen LogP contribution < -0.4 is 9.47 Å². The van der Waals surface area contributed by atoms with Gasteiger partial charge in [0.15, 0.2) is 11.5 Å². The maximum atomic E-state index is 9.31. The van der Waals surface area contributed by atoms with E-state index in [1.165, 1.54) is 0 Å². The first-order valence-electron chi connectivity index (χ1n) is 5.37. The highest BCUT2D eigenvalue weighted by Crippen LogP contribution is 2.33. The van der Waals surface area contributed by atoms with E-state index in [0.29, 0.717) is 18.1 Å². The standard InChI is InChI=1S/C13H13BrO3S/c1-16-11-4-2-3-9(7-15)13(11)17-8-12-10(14)5-6-18-12/h2-6,15H,7-8H2,1H3. The van der Waals surface area contributed by atoms with Crippen molar-refractivity contribution in [2.45, 2.75) is 13.2 Å². The third-order valence-corrected chi connectivity index (χ3v) is 4.39. The number of thiophene rings is 1. The third-order valence-electron chi connectivity index (χ3n) is 2.49. The molecule has 18 heavy (non-hydrogen) atoms. The van der Waals surface area contributed by atoms with E-state index >= 15 is 0 Å². The lowest BCUT2D eigenvalue weighted by Gasteiger charge is -2.13. The summed E-state index contributed by atoms with van der Waals surface area (Å²) < 4.78 is 12.0. The topological polar surface area (TPSA) is 38.7 Å². The van der Waals surface area contributed by atoms with Crippen molar-refractivity contribution < 1.29 is 14.6 Å². The molecular formula is C13H13BrO3S. The average molecular weight is 329 g/mol. The van der Waals surface area contributed by atoms with Crippen LogP contribution in [0.2, 0.25) is 0 Å². The fourth-order valence-electron chi connectivity index (χ4n) is 1.58. The second-order valence-electron chi connectivity index (χ2n) is 3.59. The Morgan fingerprint density at radius 3 is 2.78 bits per heavy atom. The Morgan fingerprint density at radius 1 is 1.33 bits per heavy atom. The van der Waals surface area contributed by atoms with Crippen LogP contribution in [-0.2, 0) is 13.2 Å². The van der Waals surface area contributed by atoms with E-state index in [-0.39, 0.29) is 6.61 Å². The van der Waals surface area contributed by atoms with Crippen molar-refractivity contribution in [3.8, 4) is 11.5 Å². The Morgan fingerprint density at radius 2 is 2.17 bits per heavy atom. The van der Waals surface area contributed by atoms with Gasteiger partial charge in [0, 0.05) is 10.0 Å². The first-order chi connectivity index (χ1) is 8.76. The van der Waals surface area contributed by atoms with Crippen molar-refractivity contribution in [2.75, 3.05) is 7.11 Å². The molecule has 0 aliphatic heterocycles. The van der Waals surface area contributed by atoms with E-state index in [4.69, 9.17) is 9.47 Å². The van der Waals surface area contributed by atoms with E-state index < -0.39 is 0 Å². The van der Waals surface area contributed by atoms with E-state index in [2.05, 4.69) is 15.9 Å². The summed E-state index contributed by atoms with van der Waals surface area (Å²) >= 11 is 5.08. The average Bonchev–Trinajstić information content (AvgIpc) is 2.81. The van der Waals surface area contributed by atoms with Crippen LogP contribution in [0.4, 0.5) is 0 Å². The summed E-state index contributed by atoms with van der Waals surface area (Å²) in [7, 11) is 1.59. The van der Waals surface area contributed by atoms with E-state index in [1.54, 1.807) is 18.4 Å². The summed E-state index contributed by atoms with van der Waals surface area (Å²) in [4.78, 5) is 1.10. The zero-order valence-corrected chi connectivity index (χ0v) is 12.3. The molecule has 0 unspecified atom stereocenters. The van der Waals surface area contributed by atoms with E-state index in [0.717, 1.165) is 14.9 Å². The molecule has 96 valence electrons. The van der Waals surface area contributed by atoms with Crippen LogP contribution in [0.5, 0.6) is 11.5 Å². The molecule has 0 saturated heterocycles. The van der Waals surface area contributed by atoms with Crippen molar-refractivity contribution in [1.29, 1.82) is 0 Å². The molecule has 2 aromatic rings. The zero-order valence-electron chi connectivity index (χ0n) is 9.85. The molecule has 1 aromatic heterocycles. The number of halogens is 1. The molecule has 0 bridgehead atoms. The van der Waals surface area contributed by atoms with Crippen molar-refractivity contribution in [3.05, 3.63) is 44.6 Å². The third kappa shape index (κ3) is 2.85. The summed E-state index contributed by atoms with van der Waals surface area (Å²) in [6.45, 7) is 0.379.